The van der Waals surface area contributed by atoms with Crippen LogP contribution in [0.15, 0.2) is 84.2 Å². The van der Waals surface area contributed by atoms with Crippen LogP contribution in [-0.4, -0.2) is 32.7 Å². The maximum absolute atomic E-state index is 13.8. The molecule has 0 spiro atoms. The van der Waals surface area contributed by atoms with Crippen LogP contribution in [0.5, 0.6) is 0 Å². The summed E-state index contributed by atoms with van der Waals surface area (Å²) in [4.78, 5) is 22.1. The quantitative estimate of drug-likeness (QED) is 0.115. The van der Waals surface area contributed by atoms with Crippen LogP contribution in [-0.2, 0) is 32.5 Å². The van der Waals surface area contributed by atoms with E-state index in [2.05, 4.69) is 41.1 Å². The van der Waals surface area contributed by atoms with Gasteiger partial charge in [0.1, 0.15) is 11.7 Å². The number of aromatic nitrogens is 2. The van der Waals surface area contributed by atoms with Crippen LogP contribution < -0.4 is 11.5 Å². The summed E-state index contributed by atoms with van der Waals surface area (Å²) in [5.41, 5.74) is 18.0. The number of nitrogens with two attached hydrogens (primary N) is 2. The molecule has 3 aromatic carbocycles. The van der Waals surface area contributed by atoms with E-state index in [1.54, 1.807) is 11.3 Å². The highest BCUT2D eigenvalue weighted by atomic mass is 32.1. The number of nitrogen functional groups attached to an aromatic ring is 1. The van der Waals surface area contributed by atoms with Gasteiger partial charge in [-0.2, -0.15) is 0 Å². The first-order valence-electron chi connectivity index (χ1n) is 14.5. The summed E-state index contributed by atoms with van der Waals surface area (Å²) in [5, 5.41) is 9.73. The average Bonchev–Trinajstić information content (AvgIpc) is 3.66. The Labute approximate surface area is 251 Å². The summed E-state index contributed by atoms with van der Waals surface area (Å²) in [6.45, 7) is 4.65. The molecular formula is C34H38N6OS. The number of nitrogens with zero attached hydrogens (tertiary/aromatic N) is 3. The number of carbonyl (C=O) groups excluding carboxylic acids is 1. The van der Waals surface area contributed by atoms with Crippen molar-refractivity contribution in [2.24, 2.45) is 11.5 Å². The fourth-order valence-electron chi connectivity index (χ4n) is 5.13. The molecule has 5 rings (SSSR count). The Bertz CT molecular complexity index is 1640. The Kier molecular flexibility index (Phi) is 9.46. The lowest BCUT2D eigenvalue weighted by Gasteiger charge is -2.23. The Morgan fingerprint density at radius 3 is 2.33 bits per heavy atom. The number of hydrogen-bond donors (Lipinski definition) is 3. The lowest BCUT2D eigenvalue weighted by molar-refractivity contribution is 0.0741. The molecule has 0 aliphatic heterocycles. The number of aryl methyl sites for hydroxylation is 2. The summed E-state index contributed by atoms with van der Waals surface area (Å²) in [5.74, 6) is 1.08. The number of unbranched alkanes of at least 4 members (excludes halogenated alkanes) is 1. The van der Waals surface area contributed by atoms with Crippen LogP contribution in [0.2, 0.25) is 0 Å². The molecular weight excluding hydrogens is 540 g/mol. The van der Waals surface area contributed by atoms with E-state index in [-0.39, 0.29) is 11.7 Å². The van der Waals surface area contributed by atoms with Crippen molar-refractivity contribution in [3.63, 3.8) is 0 Å². The Hall–Kier alpha value is -4.27. The molecule has 8 heteroatoms. The van der Waals surface area contributed by atoms with E-state index >= 15 is 0 Å². The molecule has 5 aromatic rings. The maximum atomic E-state index is 13.8. The normalized spacial score (nSPS) is 11.2. The van der Waals surface area contributed by atoms with E-state index in [1.807, 2.05) is 59.5 Å². The number of amides is 1. The summed E-state index contributed by atoms with van der Waals surface area (Å²) in [6, 6.07) is 26.2. The Morgan fingerprint density at radius 1 is 0.952 bits per heavy atom. The third-order valence-corrected chi connectivity index (χ3v) is 8.43. The topological polar surface area (TPSA) is 114 Å². The molecule has 0 radical (unpaired) electrons. The number of hydrogen-bond acceptors (Lipinski definition) is 5. The van der Waals surface area contributed by atoms with Gasteiger partial charge in [0.2, 0.25) is 0 Å². The number of thiophene rings is 1. The highest BCUT2D eigenvalue weighted by Crippen LogP contribution is 2.24. The van der Waals surface area contributed by atoms with Crippen molar-refractivity contribution in [3.8, 4) is 0 Å². The number of imidazole rings is 1. The standard InChI is InChI=1S/C34H38N6OS/c1-2-3-18-39(22-26-8-6-25(21-35)7-9-26)34(41)28-15-16-31-30(20-28)38-32(40(31)23-29-5-4-19-42-29)17-12-24-10-13-27(14-11-24)33(36)37/h4-11,13-16,19-20H,2-3,12,17-18,21-23,35H2,1H3,(H3,36,37). The minimum absolute atomic E-state index is 0.0215. The third kappa shape index (κ3) is 6.95. The van der Waals surface area contributed by atoms with E-state index < -0.39 is 0 Å². The van der Waals surface area contributed by atoms with Gasteiger partial charge in [-0.3, -0.25) is 10.2 Å². The Morgan fingerprint density at radius 2 is 1.67 bits per heavy atom. The van der Waals surface area contributed by atoms with Crippen molar-refractivity contribution in [1.82, 2.24) is 14.5 Å². The van der Waals surface area contributed by atoms with E-state index in [0.29, 0.717) is 25.2 Å². The molecule has 216 valence electrons. The fraction of sp³-hybridized carbons (Fsp3) is 0.265. The third-order valence-electron chi connectivity index (χ3n) is 7.57. The van der Waals surface area contributed by atoms with Crippen molar-refractivity contribution < 1.29 is 4.79 Å². The summed E-state index contributed by atoms with van der Waals surface area (Å²) in [6.07, 6.45) is 3.53. The zero-order valence-electron chi connectivity index (χ0n) is 24.1. The van der Waals surface area contributed by atoms with E-state index in [0.717, 1.165) is 71.3 Å². The zero-order chi connectivity index (χ0) is 29.5. The van der Waals surface area contributed by atoms with Gasteiger partial charge in [-0.15, -0.1) is 11.3 Å². The first-order valence-corrected chi connectivity index (χ1v) is 15.3. The second-order valence-corrected chi connectivity index (χ2v) is 11.6. The minimum atomic E-state index is 0.0215. The maximum Gasteiger partial charge on any atom is 0.254 e. The lowest BCUT2D eigenvalue weighted by atomic mass is 10.1. The molecule has 0 bridgehead atoms. The molecule has 0 atom stereocenters. The predicted molar refractivity (Wildman–Crippen MR) is 172 cm³/mol. The highest BCUT2D eigenvalue weighted by Gasteiger charge is 2.19. The van der Waals surface area contributed by atoms with Crippen LogP contribution in [0.4, 0.5) is 0 Å². The SMILES string of the molecule is CCCCN(Cc1ccc(CN)cc1)C(=O)c1ccc2c(c1)nc(CCc1ccc(C(=N)N)cc1)n2Cc1cccs1. The number of rotatable bonds is 13. The molecule has 5 N–H and O–H groups in total. The van der Waals surface area contributed by atoms with Gasteiger partial charge in [-0.05, 0) is 59.2 Å². The predicted octanol–water partition coefficient (Wildman–Crippen LogP) is 6.12. The van der Waals surface area contributed by atoms with Crippen LogP contribution in [0.1, 0.15) is 63.1 Å². The van der Waals surface area contributed by atoms with Gasteiger partial charge in [0.25, 0.3) is 5.91 Å². The molecule has 0 aliphatic carbocycles. The molecule has 7 nitrogen and oxygen atoms in total. The molecule has 0 saturated carbocycles. The smallest absolute Gasteiger partial charge is 0.254 e. The molecule has 0 fully saturated rings. The molecule has 2 heterocycles. The first kappa shape index (κ1) is 29.2. The number of amidine groups is 1. The van der Waals surface area contributed by atoms with Gasteiger partial charge in [0.15, 0.2) is 0 Å². The summed E-state index contributed by atoms with van der Waals surface area (Å²) >= 11 is 1.73. The fourth-order valence-corrected chi connectivity index (χ4v) is 5.82. The molecule has 0 aliphatic rings. The summed E-state index contributed by atoms with van der Waals surface area (Å²) in [7, 11) is 0. The highest BCUT2D eigenvalue weighted by molar-refractivity contribution is 7.09. The van der Waals surface area contributed by atoms with Crippen molar-refractivity contribution in [2.45, 2.75) is 52.2 Å². The molecule has 2 aromatic heterocycles. The second kappa shape index (κ2) is 13.6. The van der Waals surface area contributed by atoms with Gasteiger partial charge in [-0.1, -0.05) is 67.9 Å². The van der Waals surface area contributed by atoms with Gasteiger partial charge < -0.3 is 20.9 Å². The molecule has 42 heavy (non-hydrogen) atoms. The lowest BCUT2D eigenvalue weighted by Crippen LogP contribution is -2.31. The van der Waals surface area contributed by atoms with Crippen LogP contribution in [0.3, 0.4) is 0 Å². The number of carbonyl (C=O) groups is 1. The number of nitrogens with one attached hydrogen (secondary N) is 1. The van der Waals surface area contributed by atoms with Gasteiger partial charge >= 0.3 is 0 Å². The van der Waals surface area contributed by atoms with Crippen molar-refractivity contribution in [2.75, 3.05) is 6.54 Å². The molecule has 0 unspecified atom stereocenters. The monoisotopic (exact) mass is 578 g/mol. The second-order valence-electron chi connectivity index (χ2n) is 10.6. The van der Waals surface area contributed by atoms with Crippen LogP contribution in [0, 0.1) is 5.41 Å². The molecule has 1 amide bonds. The van der Waals surface area contributed by atoms with Crippen molar-refractivity contribution >= 4 is 34.1 Å². The number of benzene rings is 3. The van der Waals surface area contributed by atoms with Crippen LogP contribution in [0.25, 0.3) is 11.0 Å². The van der Waals surface area contributed by atoms with Gasteiger partial charge in [0, 0.05) is 42.1 Å². The zero-order valence-corrected chi connectivity index (χ0v) is 24.9. The van der Waals surface area contributed by atoms with Gasteiger partial charge in [-0.25, -0.2) is 4.98 Å². The van der Waals surface area contributed by atoms with E-state index in [4.69, 9.17) is 21.9 Å². The molecule has 0 saturated heterocycles. The Balaban J connectivity index is 1.42. The average molecular weight is 579 g/mol. The largest absolute Gasteiger partial charge is 0.384 e. The van der Waals surface area contributed by atoms with Gasteiger partial charge in [0.05, 0.1) is 17.6 Å². The van der Waals surface area contributed by atoms with E-state index in [1.165, 1.54) is 4.88 Å². The van der Waals surface area contributed by atoms with E-state index in [9.17, 15) is 4.79 Å². The number of fused-ring (bicyclic) bond motifs is 1. The minimum Gasteiger partial charge on any atom is -0.384 e. The first-order chi connectivity index (χ1) is 20.4. The van der Waals surface area contributed by atoms with Crippen molar-refractivity contribution in [3.05, 3.63) is 123 Å². The summed E-state index contributed by atoms with van der Waals surface area (Å²) < 4.78 is 2.27. The van der Waals surface area contributed by atoms with Crippen molar-refractivity contribution in [1.29, 1.82) is 5.41 Å². The van der Waals surface area contributed by atoms with Crippen LogP contribution >= 0.6 is 11.3 Å².